The molecular weight excluding hydrogens is 310 g/mol. The van der Waals surface area contributed by atoms with Crippen LogP contribution in [0.2, 0.25) is 0 Å². The van der Waals surface area contributed by atoms with Gasteiger partial charge in [-0.2, -0.15) is 0 Å². The van der Waals surface area contributed by atoms with Gasteiger partial charge in [0.1, 0.15) is 0 Å². The Hall–Kier alpha value is -1.88. The lowest BCUT2D eigenvalue weighted by Crippen LogP contribution is -2.69. The Morgan fingerprint density at radius 2 is 1.48 bits per heavy atom. The minimum atomic E-state index is 0.161. The molecule has 2 aliphatic rings. The number of para-hydroxylation sites is 1. The van der Waals surface area contributed by atoms with Crippen LogP contribution >= 0.6 is 0 Å². The molecular formula is C21H27N3O. The van der Waals surface area contributed by atoms with Crippen molar-refractivity contribution in [1.29, 1.82) is 0 Å². The fourth-order valence-corrected chi connectivity index (χ4v) is 3.78. The zero-order valence-electron chi connectivity index (χ0n) is 14.7. The van der Waals surface area contributed by atoms with E-state index in [9.17, 15) is 0 Å². The van der Waals surface area contributed by atoms with Gasteiger partial charge in [-0.25, -0.2) is 0 Å². The molecule has 2 aromatic carbocycles. The summed E-state index contributed by atoms with van der Waals surface area (Å²) in [5.41, 5.74) is 2.76. The average Bonchev–Trinajstić information content (AvgIpc) is 2.64. The van der Waals surface area contributed by atoms with Crippen molar-refractivity contribution >= 4 is 5.69 Å². The topological polar surface area (TPSA) is 27.7 Å². The third-order valence-electron chi connectivity index (χ3n) is 5.43. The standard InChI is InChI=1S/C21H27N3O/c1-3-7-19(8-4-1)15-23-11-13-24(14-12-23)21(17-25-18-21)16-22-20-9-5-2-6-10-20/h1-10,22H,11-18H2. The smallest absolute Gasteiger partial charge is 0.0853 e. The number of hydrogen-bond donors (Lipinski definition) is 1. The van der Waals surface area contributed by atoms with Crippen molar-refractivity contribution in [3.8, 4) is 0 Å². The molecule has 4 heteroatoms. The molecule has 0 amide bonds. The van der Waals surface area contributed by atoms with Crippen molar-refractivity contribution in [3.63, 3.8) is 0 Å². The van der Waals surface area contributed by atoms with Crippen LogP contribution in [0.1, 0.15) is 5.56 Å². The fourth-order valence-electron chi connectivity index (χ4n) is 3.78. The van der Waals surface area contributed by atoms with E-state index in [2.05, 4.69) is 75.8 Å². The quantitative estimate of drug-likeness (QED) is 0.877. The Labute approximate surface area is 150 Å². The van der Waals surface area contributed by atoms with Gasteiger partial charge in [0.2, 0.25) is 0 Å². The first-order valence-corrected chi connectivity index (χ1v) is 9.22. The molecule has 4 nitrogen and oxygen atoms in total. The monoisotopic (exact) mass is 337 g/mol. The highest BCUT2D eigenvalue weighted by molar-refractivity contribution is 5.43. The first kappa shape index (κ1) is 16.6. The molecule has 0 atom stereocenters. The minimum Gasteiger partial charge on any atom is -0.383 e. The van der Waals surface area contributed by atoms with Crippen LogP contribution in [0.25, 0.3) is 0 Å². The highest BCUT2D eigenvalue weighted by Crippen LogP contribution is 2.27. The van der Waals surface area contributed by atoms with Crippen LogP contribution in [0.4, 0.5) is 5.69 Å². The Morgan fingerprint density at radius 3 is 2.08 bits per heavy atom. The molecule has 0 spiro atoms. The van der Waals surface area contributed by atoms with Crippen LogP contribution in [0.15, 0.2) is 60.7 Å². The third kappa shape index (κ3) is 3.87. The summed E-state index contributed by atoms with van der Waals surface area (Å²) in [5, 5.41) is 3.60. The molecule has 25 heavy (non-hydrogen) atoms. The Kier molecular flexibility index (Phi) is 5.02. The van der Waals surface area contributed by atoms with Gasteiger partial charge in [0.05, 0.1) is 18.8 Å². The lowest BCUT2D eigenvalue weighted by atomic mass is 9.93. The molecule has 0 radical (unpaired) electrons. The summed E-state index contributed by atoms with van der Waals surface area (Å²) in [6.07, 6.45) is 0. The van der Waals surface area contributed by atoms with Gasteiger partial charge in [0.15, 0.2) is 0 Å². The molecule has 2 fully saturated rings. The van der Waals surface area contributed by atoms with E-state index in [-0.39, 0.29) is 5.54 Å². The first-order chi connectivity index (χ1) is 12.3. The molecule has 1 N–H and O–H groups in total. The van der Waals surface area contributed by atoms with Crippen LogP contribution in [0.5, 0.6) is 0 Å². The highest BCUT2D eigenvalue weighted by atomic mass is 16.5. The molecule has 0 aromatic heterocycles. The van der Waals surface area contributed by atoms with Crippen LogP contribution in [0.3, 0.4) is 0 Å². The summed E-state index contributed by atoms with van der Waals surface area (Å²) in [6.45, 7) is 8.18. The number of rotatable bonds is 6. The molecule has 0 unspecified atom stereocenters. The summed E-state index contributed by atoms with van der Waals surface area (Å²) >= 11 is 0. The second-order valence-electron chi connectivity index (χ2n) is 7.19. The lowest BCUT2D eigenvalue weighted by molar-refractivity contribution is -0.142. The van der Waals surface area contributed by atoms with Gasteiger partial charge in [0, 0.05) is 45.0 Å². The van der Waals surface area contributed by atoms with E-state index < -0.39 is 0 Å². The fraction of sp³-hybridized carbons (Fsp3) is 0.429. The maximum Gasteiger partial charge on any atom is 0.0853 e. The maximum atomic E-state index is 5.61. The molecule has 0 aliphatic carbocycles. The van der Waals surface area contributed by atoms with Crippen molar-refractivity contribution in [2.45, 2.75) is 12.1 Å². The lowest BCUT2D eigenvalue weighted by Gasteiger charge is -2.52. The van der Waals surface area contributed by atoms with Crippen molar-refractivity contribution in [3.05, 3.63) is 66.2 Å². The van der Waals surface area contributed by atoms with E-state index in [1.54, 1.807) is 0 Å². The van der Waals surface area contributed by atoms with E-state index >= 15 is 0 Å². The van der Waals surface area contributed by atoms with Crippen LogP contribution in [-0.2, 0) is 11.3 Å². The predicted molar refractivity (Wildman–Crippen MR) is 102 cm³/mol. The number of benzene rings is 2. The summed E-state index contributed by atoms with van der Waals surface area (Å²) in [6, 6.07) is 21.2. The van der Waals surface area contributed by atoms with Gasteiger partial charge < -0.3 is 10.1 Å². The van der Waals surface area contributed by atoms with Gasteiger partial charge >= 0.3 is 0 Å². The van der Waals surface area contributed by atoms with Gasteiger partial charge in [0.25, 0.3) is 0 Å². The number of hydrogen-bond acceptors (Lipinski definition) is 4. The Morgan fingerprint density at radius 1 is 0.840 bits per heavy atom. The van der Waals surface area contributed by atoms with Crippen molar-refractivity contribution in [2.75, 3.05) is 51.3 Å². The van der Waals surface area contributed by atoms with E-state index in [1.807, 2.05) is 0 Å². The van der Waals surface area contributed by atoms with Gasteiger partial charge in [-0.05, 0) is 17.7 Å². The number of nitrogens with zero attached hydrogens (tertiary/aromatic N) is 2. The molecule has 2 aliphatic heterocycles. The maximum absolute atomic E-state index is 5.61. The van der Waals surface area contributed by atoms with Gasteiger partial charge in [-0.1, -0.05) is 48.5 Å². The summed E-state index contributed by atoms with van der Waals surface area (Å²) in [5.74, 6) is 0. The average molecular weight is 337 g/mol. The summed E-state index contributed by atoms with van der Waals surface area (Å²) in [4.78, 5) is 5.19. The number of anilines is 1. The van der Waals surface area contributed by atoms with E-state index in [4.69, 9.17) is 4.74 Å². The van der Waals surface area contributed by atoms with Crippen molar-refractivity contribution in [2.24, 2.45) is 0 Å². The van der Waals surface area contributed by atoms with Crippen LogP contribution in [-0.4, -0.2) is 61.3 Å². The minimum absolute atomic E-state index is 0.161. The van der Waals surface area contributed by atoms with Crippen molar-refractivity contribution in [1.82, 2.24) is 9.80 Å². The molecule has 0 bridgehead atoms. The third-order valence-corrected chi connectivity index (χ3v) is 5.43. The molecule has 0 saturated carbocycles. The molecule has 2 heterocycles. The SMILES string of the molecule is c1ccc(CN2CCN(C3(CNc4ccccc4)COC3)CC2)cc1. The predicted octanol–water partition coefficient (Wildman–Crippen LogP) is 2.69. The van der Waals surface area contributed by atoms with E-state index in [0.29, 0.717) is 0 Å². The molecule has 2 saturated heterocycles. The highest BCUT2D eigenvalue weighted by Gasteiger charge is 2.44. The van der Waals surface area contributed by atoms with Gasteiger partial charge in [-0.3, -0.25) is 9.80 Å². The van der Waals surface area contributed by atoms with Gasteiger partial charge in [-0.15, -0.1) is 0 Å². The Balaban J connectivity index is 1.31. The van der Waals surface area contributed by atoms with E-state index in [0.717, 1.165) is 52.5 Å². The molecule has 2 aromatic rings. The summed E-state index contributed by atoms with van der Waals surface area (Å²) in [7, 11) is 0. The number of ether oxygens (including phenoxy) is 1. The number of nitrogens with one attached hydrogen (secondary N) is 1. The number of piperazine rings is 1. The second kappa shape index (κ2) is 7.56. The first-order valence-electron chi connectivity index (χ1n) is 9.22. The van der Waals surface area contributed by atoms with Crippen LogP contribution < -0.4 is 5.32 Å². The normalized spacial score (nSPS) is 20.8. The summed E-state index contributed by atoms with van der Waals surface area (Å²) < 4.78 is 5.61. The zero-order valence-corrected chi connectivity index (χ0v) is 14.7. The Bertz CT molecular complexity index is 649. The molecule has 4 rings (SSSR count). The molecule has 132 valence electrons. The van der Waals surface area contributed by atoms with E-state index in [1.165, 1.54) is 11.3 Å². The largest absolute Gasteiger partial charge is 0.383 e. The van der Waals surface area contributed by atoms with Crippen LogP contribution in [0, 0.1) is 0 Å². The zero-order chi connectivity index (χ0) is 17.0. The second-order valence-corrected chi connectivity index (χ2v) is 7.19. The van der Waals surface area contributed by atoms with Crippen molar-refractivity contribution < 1.29 is 4.74 Å².